The number of ether oxygens (including phenoxy) is 1. The zero-order chi connectivity index (χ0) is 23.2. The highest BCUT2D eigenvalue weighted by Crippen LogP contribution is 2.24. The summed E-state index contributed by atoms with van der Waals surface area (Å²) in [7, 11) is 1.86. The summed E-state index contributed by atoms with van der Waals surface area (Å²) in [4.78, 5) is 31.3. The molecule has 1 saturated heterocycles. The lowest BCUT2D eigenvalue weighted by atomic mass is 10.1. The Morgan fingerprint density at radius 2 is 2.12 bits per heavy atom. The molecule has 0 bridgehead atoms. The minimum Gasteiger partial charge on any atom is -0.381 e. The number of nitrogens with one attached hydrogen (secondary N) is 2. The third-order valence-electron chi connectivity index (χ3n) is 5.68. The predicted molar refractivity (Wildman–Crippen MR) is 132 cm³/mol. The third kappa shape index (κ3) is 5.18. The Morgan fingerprint density at radius 1 is 1.30 bits per heavy atom. The first kappa shape index (κ1) is 22.4. The van der Waals surface area contributed by atoms with E-state index in [0.29, 0.717) is 30.5 Å². The summed E-state index contributed by atoms with van der Waals surface area (Å²) in [6.45, 7) is 6.95. The van der Waals surface area contributed by atoms with Gasteiger partial charge >= 0.3 is 0 Å². The third-order valence-corrected chi connectivity index (χ3v) is 5.68. The monoisotopic (exact) mass is 444 g/mol. The van der Waals surface area contributed by atoms with E-state index in [1.165, 1.54) is 0 Å². The average molecular weight is 445 g/mol. The van der Waals surface area contributed by atoms with Crippen LogP contribution in [0.25, 0.3) is 16.6 Å². The van der Waals surface area contributed by atoms with Crippen molar-refractivity contribution in [2.75, 3.05) is 25.6 Å². The van der Waals surface area contributed by atoms with Crippen molar-refractivity contribution in [2.45, 2.75) is 25.8 Å². The molecule has 2 N–H and O–H groups in total. The number of fused-ring (bicyclic) bond motifs is 1. The number of rotatable bonds is 7. The molecule has 0 atom stereocenters. The van der Waals surface area contributed by atoms with Crippen LogP contribution in [0.1, 0.15) is 35.9 Å². The summed E-state index contributed by atoms with van der Waals surface area (Å²) < 4.78 is 5.41. The van der Waals surface area contributed by atoms with Crippen molar-refractivity contribution in [1.29, 1.82) is 0 Å². The molecule has 4 rings (SSSR count). The highest BCUT2D eigenvalue weighted by molar-refractivity contribution is 5.98. The Balaban J connectivity index is 1.52. The second-order valence-corrected chi connectivity index (χ2v) is 7.82. The zero-order valence-corrected chi connectivity index (χ0v) is 18.9. The molecule has 33 heavy (non-hydrogen) atoms. The van der Waals surface area contributed by atoms with Gasteiger partial charge in [0.2, 0.25) is 5.95 Å². The molecule has 1 aliphatic rings. The predicted octanol–water partition coefficient (Wildman–Crippen LogP) is 4.57. The maximum atomic E-state index is 13.0. The number of hydrogen-bond donors (Lipinski definition) is 2. The van der Waals surface area contributed by atoms with Crippen LogP contribution in [-0.4, -0.2) is 58.3 Å². The molecule has 3 aromatic rings. The van der Waals surface area contributed by atoms with Crippen LogP contribution in [0.2, 0.25) is 0 Å². The van der Waals surface area contributed by atoms with Crippen LogP contribution >= 0.6 is 0 Å². The van der Waals surface area contributed by atoms with Crippen molar-refractivity contribution in [3.05, 3.63) is 66.6 Å². The first-order chi connectivity index (χ1) is 16.1. The van der Waals surface area contributed by atoms with Gasteiger partial charge in [-0.2, -0.15) is 0 Å². The molecule has 0 unspecified atom stereocenters. The maximum Gasteiger partial charge on any atom is 0.270 e. The van der Waals surface area contributed by atoms with E-state index >= 15 is 0 Å². The topological polar surface area (TPSA) is 95.5 Å². The van der Waals surface area contributed by atoms with Gasteiger partial charge in [-0.3, -0.25) is 9.79 Å². The number of hydrogen-bond acceptors (Lipinski definition) is 6. The van der Waals surface area contributed by atoms with Gasteiger partial charge in [0, 0.05) is 55.3 Å². The van der Waals surface area contributed by atoms with Crippen molar-refractivity contribution < 1.29 is 9.53 Å². The van der Waals surface area contributed by atoms with Gasteiger partial charge in [-0.1, -0.05) is 18.7 Å². The first-order valence-electron chi connectivity index (χ1n) is 11.0. The summed E-state index contributed by atoms with van der Waals surface area (Å²) >= 11 is 0. The van der Waals surface area contributed by atoms with Crippen LogP contribution in [0, 0.1) is 0 Å². The lowest BCUT2D eigenvalue weighted by Gasteiger charge is -2.30. The second-order valence-electron chi connectivity index (χ2n) is 7.82. The number of carbonyl (C=O) groups is 1. The van der Waals surface area contributed by atoms with Crippen LogP contribution in [0.4, 0.5) is 11.6 Å². The molecule has 1 aromatic carbocycles. The molecule has 3 heterocycles. The average Bonchev–Trinajstić information content (AvgIpc) is 3.28. The normalized spacial score (nSPS) is 15.2. The lowest BCUT2D eigenvalue weighted by molar-refractivity contribution is 0.0359. The van der Waals surface area contributed by atoms with Gasteiger partial charge in [-0.05, 0) is 50.1 Å². The molecule has 1 fully saturated rings. The van der Waals surface area contributed by atoms with Crippen molar-refractivity contribution in [3.8, 4) is 0 Å². The van der Waals surface area contributed by atoms with E-state index in [-0.39, 0.29) is 11.9 Å². The molecule has 8 heteroatoms. The van der Waals surface area contributed by atoms with Crippen molar-refractivity contribution in [3.63, 3.8) is 0 Å². The minimum absolute atomic E-state index is 0.0115. The van der Waals surface area contributed by atoms with E-state index in [2.05, 4.69) is 31.8 Å². The van der Waals surface area contributed by atoms with Gasteiger partial charge in [0.25, 0.3) is 5.91 Å². The number of H-pyrrole nitrogens is 1. The molecule has 0 radical (unpaired) electrons. The van der Waals surface area contributed by atoms with E-state index in [1.54, 1.807) is 18.5 Å². The van der Waals surface area contributed by atoms with E-state index in [4.69, 9.17) is 4.74 Å². The van der Waals surface area contributed by atoms with E-state index in [1.807, 2.05) is 55.3 Å². The highest BCUT2D eigenvalue weighted by Gasteiger charge is 2.24. The summed E-state index contributed by atoms with van der Waals surface area (Å²) in [5.74, 6) is 0.452. The van der Waals surface area contributed by atoms with Gasteiger partial charge in [0.1, 0.15) is 5.69 Å². The number of amides is 1. The summed E-state index contributed by atoms with van der Waals surface area (Å²) in [5.41, 5.74) is 3.74. The fourth-order valence-electron chi connectivity index (χ4n) is 3.87. The quantitative estimate of drug-likeness (QED) is 0.521. The standard InChI is InChI=1S/C25H28N6O2/c1-4-11-26-20(5-2)22-8-12-27-25(30-22)28-18-6-7-21-17(15-18)16-23(29-21)24(32)31(3)19-9-13-33-14-10-19/h4-8,11-12,15-16,19,29H,1,9-10,13-14H2,2-3H3,(H,27,28,30)/b20-5-,26-11?. The Bertz CT molecular complexity index is 1210. The number of benzene rings is 1. The van der Waals surface area contributed by atoms with Gasteiger partial charge in [0.15, 0.2) is 0 Å². The smallest absolute Gasteiger partial charge is 0.270 e. The first-order valence-corrected chi connectivity index (χ1v) is 11.0. The fourth-order valence-corrected chi connectivity index (χ4v) is 3.87. The van der Waals surface area contributed by atoms with E-state index < -0.39 is 0 Å². The lowest BCUT2D eigenvalue weighted by Crippen LogP contribution is -2.40. The molecule has 0 spiro atoms. The number of aromatic amines is 1. The summed E-state index contributed by atoms with van der Waals surface area (Å²) in [6, 6.07) is 9.74. The SMILES string of the molecule is C=CC=N/C(=C\C)c1ccnc(Nc2ccc3[nH]c(C(=O)N(C)C4CCOCC4)cc3c2)n1. The van der Waals surface area contributed by atoms with Crippen LogP contribution in [0.3, 0.4) is 0 Å². The Kier molecular flexibility index (Phi) is 6.95. The minimum atomic E-state index is -0.0115. The Labute approximate surface area is 193 Å². The highest BCUT2D eigenvalue weighted by atomic mass is 16.5. The molecule has 1 aliphatic heterocycles. The molecule has 1 amide bonds. The molecular weight excluding hydrogens is 416 g/mol. The molecule has 0 saturated carbocycles. The van der Waals surface area contributed by atoms with Crippen molar-refractivity contribution >= 4 is 40.4 Å². The molecule has 8 nitrogen and oxygen atoms in total. The fraction of sp³-hybridized carbons (Fsp3) is 0.280. The number of allylic oxidation sites excluding steroid dienone is 2. The number of aromatic nitrogens is 3. The van der Waals surface area contributed by atoms with Crippen molar-refractivity contribution in [2.24, 2.45) is 4.99 Å². The summed E-state index contributed by atoms with van der Waals surface area (Å²) in [5, 5.41) is 4.17. The Hall–Kier alpha value is -3.78. The van der Waals surface area contributed by atoms with E-state index in [9.17, 15) is 4.79 Å². The molecule has 170 valence electrons. The van der Waals surface area contributed by atoms with Crippen molar-refractivity contribution in [1.82, 2.24) is 19.9 Å². The number of nitrogens with zero attached hydrogens (tertiary/aromatic N) is 4. The number of aliphatic imine (C=N–C) groups is 1. The Morgan fingerprint density at radius 3 is 2.88 bits per heavy atom. The van der Waals surface area contributed by atoms with Crippen LogP contribution < -0.4 is 5.32 Å². The van der Waals surface area contributed by atoms with Gasteiger partial charge < -0.3 is 19.9 Å². The van der Waals surface area contributed by atoms with E-state index in [0.717, 1.165) is 35.1 Å². The zero-order valence-electron chi connectivity index (χ0n) is 18.9. The maximum absolute atomic E-state index is 13.0. The molecule has 2 aromatic heterocycles. The second kappa shape index (κ2) is 10.2. The van der Waals surface area contributed by atoms with Crippen LogP contribution in [0.15, 0.2) is 60.3 Å². The van der Waals surface area contributed by atoms with Gasteiger partial charge in [-0.25, -0.2) is 9.97 Å². The molecular formula is C25H28N6O2. The van der Waals surface area contributed by atoms with Gasteiger partial charge in [0.05, 0.1) is 11.4 Å². The largest absolute Gasteiger partial charge is 0.381 e. The molecule has 0 aliphatic carbocycles. The van der Waals surface area contributed by atoms with Crippen LogP contribution in [0.5, 0.6) is 0 Å². The number of carbonyl (C=O) groups excluding carboxylic acids is 1. The number of anilines is 2. The summed E-state index contributed by atoms with van der Waals surface area (Å²) in [6.07, 6.45) is 8.55. The van der Waals surface area contributed by atoms with Crippen LogP contribution in [-0.2, 0) is 4.74 Å². The van der Waals surface area contributed by atoms with Gasteiger partial charge in [-0.15, -0.1) is 0 Å².